The molecule has 0 radical (unpaired) electrons. The van der Waals surface area contributed by atoms with Gasteiger partial charge in [0.2, 0.25) is 5.95 Å². The molecule has 3 aromatic rings. The Labute approximate surface area is 291 Å². The first kappa shape index (κ1) is 35.0. The smallest absolute Gasteiger partial charge is 0.277 e. The zero-order chi connectivity index (χ0) is 35.0. The number of benzene rings is 1. The number of aryl methyl sites for hydroxylation is 1. The first-order valence-corrected chi connectivity index (χ1v) is 17.3. The Morgan fingerprint density at radius 2 is 1.70 bits per heavy atom. The van der Waals surface area contributed by atoms with Gasteiger partial charge >= 0.3 is 0 Å². The summed E-state index contributed by atoms with van der Waals surface area (Å²) < 4.78 is 11.3. The summed E-state index contributed by atoms with van der Waals surface area (Å²) in [6.45, 7) is 9.78. The van der Waals surface area contributed by atoms with E-state index in [2.05, 4.69) is 40.3 Å². The highest BCUT2D eigenvalue weighted by Gasteiger charge is 2.27. The summed E-state index contributed by atoms with van der Waals surface area (Å²) in [5.74, 6) is 1.59. The van der Waals surface area contributed by atoms with Gasteiger partial charge in [-0.15, -0.1) is 0 Å². The molecule has 5 heterocycles. The number of hydroxylamine groups is 1. The van der Waals surface area contributed by atoms with Crippen molar-refractivity contribution in [3.63, 3.8) is 0 Å². The predicted molar refractivity (Wildman–Crippen MR) is 189 cm³/mol. The fourth-order valence-electron chi connectivity index (χ4n) is 6.80. The monoisotopic (exact) mass is 689 g/mol. The van der Waals surface area contributed by atoms with E-state index < -0.39 is 11.8 Å². The van der Waals surface area contributed by atoms with Gasteiger partial charge in [-0.05, 0) is 50.2 Å². The second kappa shape index (κ2) is 16.3. The number of piperidine rings is 1. The Morgan fingerprint density at radius 1 is 0.980 bits per heavy atom. The average molecular weight is 690 g/mol. The van der Waals surface area contributed by atoms with Crippen LogP contribution in [0, 0.1) is 5.92 Å². The molecule has 3 aliphatic rings. The van der Waals surface area contributed by atoms with E-state index in [0.717, 1.165) is 82.9 Å². The first-order chi connectivity index (χ1) is 24.3. The standard InChI is InChI=1S/C34H47N11O5/c1-3-26-31(38-24-8-16-50-17-9-24)41-32(29(40-26)30(35)46)39-25-4-5-27(28(18-25)49-2)44-14-12-43(13-15-44)21-22-6-10-45(11-7-22)34-36-19-23(20-37-34)33(47)42-48/h4-5,18-20,22,24,48H,3,6-17,21H2,1-2H3,(H2,35,46)(H,42,47)(H2,38,39,41). The van der Waals surface area contributed by atoms with Gasteiger partial charge in [0.15, 0.2) is 17.3 Å². The summed E-state index contributed by atoms with van der Waals surface area (Å²) in [6, 6.07) is 6.14. The number of amides is 2. The van der Waals surface area contributed by atoms with Crippen LogP contribution in [0.2, 0.25) is 0 Å². The van der Waals surface area contributed by atoms with Gasteiger partial charge in [0.25, 0.3) is 11.8 Å². The van der Waals surface area contributed by atoms with Crippen molar-refractivity contribution in [1.29, 1.82) is 0 Å². The van der Waals surface area contributed by atoms with Crippen molar-refractivity contribution in [3.05, 3.63) is 47.5 Å². The lowest BCUT2D eigenvalue weighted by atomic mass is 9.96. The van der Waals surface area contributed by atoms with Gasteiger partial charge in [-0.2, -0.15) is 0 Å². The van der Waals surface area contributed by atoms with E-state index in [1.54, 1.807) is 12.6 Å². The lowest BCUT2D eigenvalue weighted by Crippen LogP contribution is -2.49. The van der Waals surface area contributed by atoms with Crippen molar-refractivity contribution in [2.45, 2.75) is 45.1 Å². The van der Waals surface area contributed by atoms with E-state index in [-0.39, 0.29) is 17.3 Å². The normalized spacial score (nSPS) is 17.7. The van der Waals surface area contributed by atoms with Crippen LogP contribution in [0.25, 0.3) is 0 Å². The molecule has 0 unspecified atom stereocenters. The van der Waals surface area contributed by atoms with E-state index in [4.69, 9.17) is 25.4 Å². The fourth-order valence-corrected chi connectivity index (χ4v) is 6.80. The number of methoxy groups -OCH3 is 1. The number of aromatic nitrogens is 4. The molecule has 50 heavy (non-hydrogen) atoms. The quantitative estimate of drug-likeness (QED) is 0.137. The molecule has 16 nitrogen and oxygen atoms in total. The molecule has 6 rings (SSSR count). The summed E-state index contributed by atoms with van der Waals surface area (Å²) >= 11 is 0. The number of hydrogen-bond acceptors (Lipinski definition) is 14. The summed E-state index contributed by atoms with van der Waals surface area (Å²) in [6.07, 6.45) is 7.30. The van der Waals surface area contributed by atoms with Gasteiger partial charge in [-0.25, -0.2) is 25.4 Å². The molecule has 3 aliphatic heterocycles. The predicted octanol–water partition coefficient (Wildman–Crippen LogP) is 2.43. The van der Waals surface area contributed by atoms with Crippen LogP contribution in [-0.2, 0) is 11.2 Å². The number of nitrogens with zero attached hydrogens (tertiary/aromatic N) is 7. The number of hydrogen-bond donors (Lipinski definition) is 5. The van der Waals surface area contributed by atoms with Crippen LogP contribution in [0.1, 0.15) is 59.1 Å². The zero-order valence-corrected chi connectivity index (χ0v) is 28.7. The molecule has 0 saturated carbocycles. The largest absolute Gasteiger partial charge is 0.495 e. The van der Waals surface area contributed by atoms with Crippen molar-refractivity contribution in [3.8, 4) is 5.75 Å². The maximum atomic E-state index is 12.4. The second-order valence-corrected chi connectivity index (χ2v) is 12.9. The Bertz CT molecular complexity index is 1620. The van der Waals surface area contributed by atoms with Crippen molar-refractivity contribution in [1.82, 2.24) is 30.3 Å². The highest BCUT2D eigenvalue weighted by molar-refractivity contribution is 5.96. The summed E-state index contributed by atoms with van der Waals surface area (Å²) in [5, 5.41) is 15.6. The molecule has 3 saturated heterocycles. The molecule has 0 spiro atoms. The highest BCUT2D eigenvalue weighted by atomic mass is 16.5. The van der Waals surface area contributed by atoms with Crippen molar-refractivity contribution in [2.24, 2.45) is 11.7 Å². The topological polar surface area (TPSA) is 196 Å². The maximum absolute atomic E-state index is 12.4. The number of nitrogens with two attached hydrogens (primary N) is 1. The van der Waals surface area contributed by atoms with Crippen LogP contribution in [-0.4, -0.2) is 114 Å². The number of carbonyl (C=O) groups excluding carboxylic acids is 2. The Kier molecular flexibility index (Phi) is 11.4. The van der Waals surface area contributed by atoms with Gasteiger partial charge in [0.05, 0.1) is 24.1 Å². The van der Waals surface area contributed by atoms with E-state index in [9.17, 15) is 9.59 Å². The van der Waals surface area contributed by atoms with Crippen molar-refractivity contribution in [2.75, 3.05) is 86.6 Å². The average Bonchev–Trinajstić information content (AvgIpc) is 3.15. The molecule has 1 aromatic carbocycles. The van der Waals surface area contributed by atoms with Crippen LogP contribution < -0.4 is 36.4 Å². The van der Waals surface area contributed by atoms with E-state index in [1.165, 1.54) is 12.4 Å². The van der Waals surface area contributed by atoms with Gasteiger partial charge in [-0.3, -0.25) is 19.7 Å². The van der Waals surface area contributed by atoms with E-state index in [0.29, 0.717) is 54.5 Å². The number of anilines is 5. The molecular formula is C34H47N11O5. The highest BCUT2D eigenvalue weighted by Crippen LogP contribution is 2.34. The van der Waals surface area contributed by atoms with Crippen LogP contribution in [0.4, 0.5) is 29.0 Å². The number of ether oxygens (including phenoxy) is 2. The maximum Gasteiger partial charge on any atom is 0.277 e. The molecular weight excluding hydrogens is 642 g/mol. The van der Waals surface area contributed by atoms with Crippen molar-refractivity contribution >= 4 is 40.8 Å². The number of primary amides is 1. The zero-order valence-electron chi connectivity index (χ0n) is 28.7. The lowest BCUT2D eigenvalue weighted by Gasteiger charge is -2.40. The SMILES string of the molecule is CCc1nc(C(N)=O)c(Nc2ccc(N3CCN(CC4CCN(c5ncc(C(=O)NO)cn5)CC4)CC3)c(OC)c2)nc1NC1CCOCC1. The molecule has 6 N–H and O–H groups in total. The van der Waals surface area contributed by atoms with Crippen LogP contribution in [0.3, 0.4) is 0 Å². The summed E-state index contributed by atoms with van der Waals surface area (Å²) in [5.41, 5.74) is 10.1. The third-order valence-corrected chi connectivity index (χ3v) is 9.67. The molecule has 0 aliphatic carbocycles. The number of nitrogens with one attached hydrogen (secondary N) is 3. The Balaban J connectivity index is 1.04. The van der Waals surface area contributed by atoms with E-state index in [1.807, 2.05) is 25.1 Å². The Morgan fingerprint density at radius 3 is 2.34 bits per heavy atom. The minimum absolute atomic E-state index is 0.0981. The first-order valence-electron chi connectivity index (χ1n) is 17.3. The number of piperazine rings is 1. The molecule has 0 atom stereocenters. The third-order valence-electron chi connectivity index (χ3n) is 9.67. The molecule has 3 fully saturated rings. The minimum atomic E-state index is -0.644. The van der Waals surface area contributed by atoms with Gasteiger partial charge in [0.1, 0.15) is 5.75 Å². The van der Waals surface area contributed by atoms with Crippen LogP contribution in [0.15, 0.2) is 30.6 Å². The van der Waals surface area contributed by atoms with Gasteiger partial charge < -0.3 is 35.6 Å². The minimum Gasteiger partial charge on any atom is -0.495 e. The van der Waals surface area contributed by atoms with Crippen LogP contribution in [0.5, 0.6) is 5.75 Å². The molecule has 0 bridgehead atoms. The van der Waals surface area contributed by atoms with E-state index >= 15 is 0 Å². The van der Waals surface area contributed by atoms with Gasteiger partial charge in [-0.1, -0.05) is 6.92 Å². The molecule has 16 heteroatoms. The summed E-state index contributed by atoms with van der Waals surface area (Å²) in [7, 11) is 1.66. The number of rotatable bonds is 12. The second-order valence-electron chi connectivity index (χ2n) is 12.9. The molecule has 268 valence electrons. The Hall–Kier alpha value is -4.80. The molecule has 2 amide bonds. The van der Waals surface area contributed by atoms with Gasteiger partial charge in [0, 0.05) is 89.2 Å². The third kappa shape index (κ3) is 8.31. The van der Waals surface area contributed by atoms with Crippen molar-refractivity contribution < 1.29 is 24.3 Å². The molecule has 2 aromatic heterocycles. The number of carbonyl (C=O) groups is 2. The lowest BCUT2D eigenvalue weighted by molar-refractivity contribution is 0.0705. The fraction of sp³-hybridized carbons (Fsp3) is 0.529. The van der Waals surface area contributed by atoms with Crippen LogP contribution >= 0.6 is 0 Å². The summed E-state index contributed by atoms with van der Waals surface area (Å²) in [4.78, 5) is 49.0.